The van der Waals surface area contributed by atoms with Crippen LogP contribution in [0.15, 0.2) is 23.4 Å². The Balaban J connectivity index is 2.01. The molecule has 0 saturated carbocycles. The molecule has 8 nitrogen and oxygen atoms in total. The number of carboxylic acids is 1. The number of benzene rings is 1. The number of phenols is 1. The number of aliphatic carboxylic acids is 1. The molecule has 0 aliphatic carbocycles. The molecule has 8 heteroatoms. The summed E-state index contributed by atoms with van der Waals surface area (Å²) in [7, 11) is 1.51. The Bertz CT molecular complexity index is 847. The van der Waals surface area contributed by atoms with Crippen molar-refractivity contribution in [2.24, 2.45) is 5.16 Å². The molecule has 0 unspecified atom stereocenters. The first-order valence-electron chi connectivity index (χ1n) is 11.6. The molecule has 1 aromatic rings. The molecule has 33 heavy (non-hydrogen) atoms. The molecule has 0 radical (unpaired) electrons. The zero-order chi connectivity index (χ0) is 24.1. The SMILES string of the molecule is COc1cc(O)c2c(c1)/C=C/CCC/C(=N/OCCCCCC(=O)O)CCC[C@H](C)OC2=O. The lowest BCUT2D eigenvalue weighted by Gasteiger charge is -2.16. The normalized spacial score (nSPS) is 19.8. The number of esters is 1. The third kappa shape index (κ3) is 9.55. The molecule has 1 aliphatic heterocycles. The number of carboxylic acid groups (broad SMARTS) is 1. The van der Waals surface area contributed by atoms with Crippen molar-refractivity contribution in [1.29, 1.82) is 0 Å². The summed E-state index contributed by atoms with van der Waals surface area (Å²) < 4.78 is 10.8. The van der Waals surface area contributed by atoms with Crippen molar-refractivity contribution in [2.45, 2.75) is 77.2 Å². The molecule has 1 aliphatic rings. The Morgan fingerprint density at radius 1 is 1.21 bits per heavy atom. The molecule has 2 rings (SSSR count). The number of rotatable bonds is 8. The number of nitrogens with zero attached hydrogens (tertiary/aromatic N) is 1. The maximum atomic E-state index is 12.7. The van der Waals surface area contributed by atoms with Gasteiger partial charge in [-0.1, -0.05) is 17.3 Å². The second-order valence-corrected chi connectivity index (χ2v) is 8.21. The zero-order valence-corrected chi connectivity index (χ0v) is 19.5. The van der Waals surface area contributed by atoms with Crippen LogP contribution in [0.2, 0.25) is 0 Å². The van der Waals surface area contributed by atoms with Crippen LogP contribution in [0.1, 0.15) is 87.1 Å². The first-order valence-corrected chi connectivity index (χ1v) is 11.6. The number of cyclic esters (lactones) is 1. The minimum Gasteiger partial charge on any atom is -0.507 e. The van der Waals surface area contributed by atoms with Crippen LogP contribution in [0.5, 0.6) is 11.5 Å². The Morgan fingerprint density at radius 3 is 2.76 bits per heavy atom. The van der Waals surface area contributed by atoms with Gasteiger partial charge in [0.15, 0.2) is 0 Å². The van der Waals surface area contributed by atoms with Crippen molar-refractivity contribution in [1.82, 2.24) is 0 Å². The average Bonchev–Trinajstić information content (AvgIpc) is 2.76. The lowest BCUT2D eigenvalue weighted by atomic mass is 10.0. The topological polar surface area (TPSA) is 115 Å². The lowest BCUT2D eigenvalue weighted by Crippen LogP contribution is -2.17. The van der Waals surface area contributed by atoms with Gasteiger partial charge in [-0.3, -0.25) is 4.79 Å². The van der Waals surface area contributed by atoms with Crippen molar-refractivity contribution < 1.29 is 34.1 Å². The van der Waals surface area contributed by atoms with E-state index in [9.17, 15) is 14.7 Å². The molecule has 0 amide bonds. The summed E-state index contributed by atoms with van der Waals surface area (Å²) >= 11 is 0. The van der Waals surface area contributed by atoms with E-state index < -0.39 is 11.9 Å². The van der Waals surface area contributed by atoms with E-state index in [1.807, 2.05) is 13.0 Å². The molecular formula is C25H35NO7. The van der Waals surface area contributed by atoms with Gasteiger partial charge in [0.1, 0.15) is 23.7 Å². The number of aromatic hydroxyl groups is 1. The maximum absolute atomic E-state index is 12.7. The number of allylic oxidation sites excluding steroid dienone is 1. The van der Waals surface area contributed by atoms with Crippen LogP contribution < -0.4 is 4.74 Å². The van der Waals surface area contributed by atoms with E-state index in [0.717, 1.165) is 50.7 Å². The number of hydrogen-bond acceptors (Lipinski definition) is 7. The molecule has 2 N–H and O–H groups in total. The van der Waals surface area contributed by atoms with Crippen LogP contribution in [0, 0.1) is 0 Å². The fourth-order valence-electron chi connectivity index (χ4n) is 3.59. The second kappa shape index (κ2) is 14.2. The molecule has 0 aromatic heterocycles. The van der Waals surface area contributed by atoms with E-state index in [2.05, 4.69) is 5.16 Å². The molecule has 0 spiro atoms. The molecule has 1 atom stereocenters. The Kier molecular flexibility index (Phi) is 11.3. The number of unbranched alkanes of at least 4 members (excludes halogenated alkanes) is 2. The smallest absolute Gasteiger partial charge is 0.342 e. The first-order chi connectivity index (χ1) is 15.9. The predicted molar refractivity (Wildman–Crippen MR) is 126 cm³/mol. The summed E-state index contributed by atoms with van der Waals surface area (Å²) in [6.45, 7) is 2.31. The minimum atomic E-state index is -0.774. The predicted octanol–water partition coefficient (Wildman–Crippen LogP) is 5.33. The van der Waals surface area contributed by atoms with E-state index in [1.54, 1.807) is 12.1 Å². The molecule has 1 heterocycles. The fraction of sp³-hybridized carbons (Fsp3) is 0.560. The number of oxime groups is 1. The van der Waals surface area contributed by atoms with Crippen LogP contribution in [0.25, 0.3) is 6.08 Å². The molecule has 0 fully saturated rings. The summed E-state index contributed by atoms with van der Waals surface area (Å²) in [6.07, 6.45) is 10.5. The van der Waals surface area contributed by atoms with Gasteiger partial charge >= 0.3 is 11.9 Å². The number of ether oxygens (including phenoxy) is 2. The van der Waals surface area contributed by atoms with E-state index in [4.69, 9.17) is 19.4 Å². The molecule has 0 saturated heterocycles. The number of hydrogen-bond donors (Lipinski definition) is 2. The number of methoxy groups -OCH3 is 1. The highest BCUT2D eigenvalue weighted by Crippen LogP contribution is 2.30. The van der Waals surface area contributed by atoms with Crippen molar-refractivity contribution >= 4 is 23.7 Å². The molecule has 0 bridgehead atoms. The number of carbonyl (C=O) groups is 2. The van der Waals surface area contributed by atoms with Crippen LogP contribution in [0.3, 0.4) is 0 Å². The van der Waals surface area contributed by atoms with Crippen LogP contribution in [0.4, 0.5) is 0 Å². The number of carbonyl (C=O) groups excluding carboxylic acids is 1. The molecular weight excluding hydrogens is 426 g/mol. The van der Waals surface area contributed by atoms with Gasteiger partial charge in [0.05, 0.1) is 18.9 Å². The van der Waals surface area contributed by atoms with E-state index in [0.29, 0.717) is 30.8 Å². The Labute approximate surface area is 195 Å². The third-order valence-electron chi connectivity index (χ3n) is 5.40. The Morgan fingerprint density at radius 2 is 2.00 bits per heavy atom. The van der Waals surface area contributed by atoms with Gasteiger partial charge in [-0.2, -0.15) is 0 Å². The summed E-state index contributed by atoms with van der Waals surface area (Å²) in [6, 6.07) is 3.12. The summed E-state index contributed by atoms with van der Waals surface area (Å²) in [5, 5.41) is 23.3. The highest BCUT2D eigenvalue weighted by molar-refractivity contribution is 5.97. The average molecular weight is 462 g/mol. The highest BCUT2D eigenvalue weighted by atomic mass is 16.6. The minimum absolute atomic E-state index is 0.148. The summed E-state index contributed by atoms with van der Waals surface area (Å²) in [4.78, 5) is 28.7. The van der Waals surface area contributed by atoms with E-state index in [-0.39, 0.29) is 23.8 Å². The van der Waals surface area contributed by atoms with Crippen molar-refractivity contribution in [3.8, 4) is 11.5 Å². The number of phenolic OH excluding ortho intramolecular Hbond substituents is 1. The fourth-order valence-corrected chi connectivity index (χ4v) is 3.59. The van der Waals surface area contributed by atoms with E-state index >= 15 is 0 Å². The molecule has 1 aromatic carbocycles. The van der Waals surface area contributed by atoms with Gasteiger partial charge in [0, 0.05) is 12.5 Å². The summed E-state index contributed by atoms with van der Waals surface area (Å²) in [5.74, 6) is -1.02. The van der Waals surface area contributed by atoms with Gasteiger partial charge in [0.25, 0.3) is 0 Å². The standard InChI is InChI=1S/C25H35NO7/c1-18-10-9-13-20(26-32-15-8-4-7-14-23(28)29)12-6-3-5-11-19-16-21(31-2)17-22(27)24(19)25(30)33-18/h5,11,16-18,27H,3-4,6-10,12-15H2,1-2H3,(H,28,29)/b11-5+,26-20-/t18-/m0/s1. The van der Waals surface area contributed by atoms with Crippen molar-refractivity contribution in [3.63, 3.8) is 0 Å². The van der Waals surface area contributed by atoms with Gasteiger partial charge in [-0.15, -0.1) is 0 Å². The van der Waals surface area contributed by atoms with Crippen LogP contribution >= 0.6 is 0 Å². The lowest BCUT2D eigenvalue weighted by molar-refractivity contribution is -0.137. The van der Waals surface area contributed by atoms with Crippen LogP contribution in [-0.4, -0.2) is 47.7 Å². The third-order valence-corrected chi connectivity index (χ3v) is 5.40. The van der Waals surface area contributed by atoms with Crippen LogP contribution in [-0.2, 0) is 14.4 Å². The molecule has 182 valence electrons. The van der Waals surface area contributed by atoms with Crippen molar-refractivity contribution in [2.75, 3.05) is 13.7 Å². The second-order valence-electron chi connectivity index (χ2n) is 8.21. The first kappa shape index (κ1) is 26.2. The maximum Gasteiger partial charge on any atom is 0.342 e. The Hall–Kier alpha value is -3.03. The van der Waals surface area contributed by atoms with Gasteiger partial charge in [-0.05, 0) is 76.3 Å². The largest absolute Gasteiger partial charge is 0.507 e. The van der Waals surface area contributed by atoms with E-state index in [1.165, 1.54) is 13.2 Å². The van der Waals surface area contributed by atoms with Gasteiger partial charge < -0.3 is 24.5 Å². The zero-order valence-electron chi connectivity index (χ0n) is 19.5. The monoisotopic (exact) mass is 461 g/mol. The summed E-state index contributed by atoms with van der Waals surface area (Å²) in [5.41, 5.74) is 1.68. The quantitative estimate of drug-likeness (QED) is 0.305. The highest BCUT2D eigenvalue weighted by Gasteiger charge is 2.21. The van der Waals surface area contributed by atoms with Gasteiger partial charge in [-0.25, -0.2) is 4.79 Å². The number of fused-ring (bicyclic) bond motifs is 1. The van der Waals surface area contributed by atoms with Crippen molar-refractivity contribution in [3.05, 3.63) is 29.3 Å². The van der Waals surface area contributed by atoms with Gasteiger partial charge in [0.2, 0.25) is 0 Å².